The molecule has 5 rings (SSSR count). The Morgan fingerprint density at radius 1 is 1.07 bits per heavy atom. The van der Waals surface area contributed by atoms with Gasteiger partial charge >= 0.3 is 6.36 Å². The number of ether oxygens (including phenoxy) is 1. The van der Waals surface area contributed by atoms with E-state index in [0.717, 1.165) is 63.8 Å². The Bertz CT molecular complexity index is 1500. The monoisotopic (exact) mass is 601 g/mol. The number of rotatable bonds is 12. The van der Waals surface area contributed by atoms with Gasteiger partial charge in [-0.3, -0.25) is 4.98 Å². The third kappa shape index (κ3) is 7.01. The van der Waals surface area contributed by atoms with Crippen LogP contribution in [0.25, 0.3) is 20.8 Å². The third-order valence-electron chi connectivity index (χ3n) is 7.42. The summed E-state index contributed by atoms with van der Waals surface area (Å²) >= 11 is 1.58. The normalized spacial score (nSPS) is 14.6. The first kappa shape index (κ1) is 29.8. The molecular weight excluding hydrogens is 567 g/mol. The van der Waals surface area contributed by atoms with Gasteiger partial charge in [-0.1, -0.05) is 13.3 Å². The van der Waals surface area contributed by atoms with Crippen LogP contribution >= 0.6 is 11.3 Å². The minimum atomic E-state index is -4.70. The summed E-state index contributed by atoms with van der Waals surface area (Å²) in [6.45, 7) is 8.93. The lowest BCUT2D eigenvalue weighted by atomic mass is 9.99. The van der Waals surface area contributed by atoms with Crippen LogP contribution in [-0.2, 0) is 0 Å². The van der Waals surface area contributed by atoms with E-state index in [4.69, 9.17) is 15.0 Å². The van der Waals surface area contributed by atoms with Gasteiger partial charge in [0.1, 0.15) is 22.1 Å². The molecule has 1 fully saturated rings. The lowest BCUT2D eigenvalue weighted by Crippen LogP contribution is -2.49. The minimum absolute atomic E-state index is 0.147. The summed E-state index contributed by atoms with van der Waals surface area (Å²) < 4.78 is 42.3. The Morgan fingerprint density at radius 3 is 2.50 bits per heavy atom. The van der Waals surface area contributed by atoms with E-state index in [0.29, 0.717) is 30.8 Å². The summed E-state index contributed by atoms with van der Waals surface area (Å²) in [7, 11) is 0. The Kier molecular flexibility index (Phi) is 8.97. The Morgan fingerprint density at radius 2 is 1.83 bits per heavy atom. The van der Waals surface area contributed by atoms with Crippen LogP contribution in [-0.4, -0.2) is 64.2 Å². The van der Waals surface area contributed by atoms with Crippen LogP contribution in [0.15, 0.2) is 36.5 Å². The summed E-state index contributed by atoms with van der Waals surface area (Å²) in [5, 5.41) is 17.3. The fourth-order valence-electron chi connectivity index (χ4n) is 4.95. The zero-order valence-electron chi connectivity index (χ0n) is 23.7. The molecule has 4 heterocycles. The van der Waals surface area contributed by atoms with Gasteiger partial charge in [0, 0.05) is 50.6 Å². The number of anilines is 3. The van der Waals surface area contributed by atoms with Crippen LogP contribution in [0.4, 0.5) is 30.6 Å². The Labute approximate surface area is 246 Å². The number of benzene rings is 1. The number of aliphatic hydroxyl groups excluding tert-OH is 1. The van der Waals surface area contributed by atoms with Crippen molar-refractivity contribution in [3.8, 4) is 16.3 Å². The average Bonchev–Trinajstić information content (AvgIpc) is 3.35. The molecule has 1 atom stereocenters. The Balaban J connectivity index is 1.27. The van der Waals surface area contributed by atoms with Crippen molar-refractivity contribution in [1.29, 1.82) is 0 Å². The van der Waals surface area contributed by atoms with Crippen molar-refractivity contribution in [2.24, 2.45) is 11.8 Å². The molecule has 42 heavy (non-hydrogen) atoms. The van der Waals surface area contributed by atoms with E-state index in [2.05, 4.69) is 32.2 Å². The standard InChI is InChI=1S/C29H34F3N7O2S/c1-4-19(16-40)9-11-34-26-24(27-37-25-18(3)33-12-10-23(25)42-27)17(2)36-28(38-26)35-13-20-14-39(15-20)21-5-7-22(8-6-21)41-29(30,31)32/h5-8,10,12,19-20,40H,4,9,11,13-16H2,1-3H3,(H2,34,35,36,38). The van der Waals surface area contributed by atoms with Crippen molar-refractivity contribution < 1.29 is 23.0 Å². The van der Waals surface area contributed by atoms with Crippen LogP contribution < -0.4 is 20.3 Å². The molecule has 0 aliphatic carbocycles. The molecule has 9 nitrogen and oxygen atoms in total. The van der Waals surface area contributed by atoms with Crippen molar-refractivity contribution >= 4 is 39.0 Å². The second-order valence-electron chi connectivity index (χ2n) is 10.5. The molecule has 0 saturated carbocycles. The number of pyridine rings is 1. The van der Waals surface area contributed by atoms with Crippen LogP contribution in [0.3, 0.4) is 0 Å². The molecule has 0 radical (unpaired) electrons. The largest absolute Gasteiger partial charge is 0.573 e. The van der Waals surface area contributed by atoms with Gasteiger partial charge < -0.3 is 25.4 Å². The van der Waals surface area contributed by atoms with E-state index >= 15 is 0 Å². The van der Waals surface area contributed by atoms with Gasteiger partial charge in [0.05, 0.1) is 21.7 Å². The summed E-state index contributed by atoms with van der Waals surface area (Å²) in [5.41, 5.74) is 4.23. The third-order valence-corrected chi connectivity index (χ3v) is 8.45. The summed E-state index contributed by atoms with van der Waals surface area (Å²) in [4.78, 5) is 20.9. The number of aromatic nitrogens is 4. The van der Waals surface area contributed by atoms with E-state index in [-0.39, 0.29) is 18.3 Å². The lowest BCUT2D eigenvalue weighted by molar-refractivity contribution is -0.274. The maximum Gasteiger partial charge on any atom is 0.573 e. The minimum Gasteiger partial charge on any atom is -0.406 e. The number of aliphatic hydroxyl groups is 1. The number of hydrogen-bond acceptors (Lipinski definition) is 10. The summed E-state index contributed by atoms with van der Waals surface area (Å²) in [6.07, 6.45) is -1.21. The van der Waals surface area contributed by atoms with Gasteiger partial charge in [-0.05, 0) is 56.5 Å². The van der Waals surface area contributed by atoms with Crippen molar-refractivity contribution in [2.75, 3.05) is 48.3 Å². The molecule has 0 amide bonds. The van der Waals surface area contributed by atoms with Crippen LogP contribution in [0.1, 0.15) is 31.2 Å². The number of thiazole rings is 1. The van der Waals surface area contributed by atoms with E-state index in [1.807, 2.05) is 19.9 Å². The first-order valence-corrected chi connectivity index (χ1v) is 14.8. The zero-order chi connectivity index (χ0) is 29.9. The number of nitrogens with one attached hydrogen (secondary N) is 2. The molecule has 4 aromatic rings. The van der Waals surface area contributed by atoms with Crippen molar-refractivity contribution in [1.82, 2.24) is 19.9 Å². The molecule has 1 aliphatic heterocycles. The first-order chi connectivity index (χ1) is 20.1. The predicted octanol–water partition coefficient (Wildman–Crippen LogP) is 6.03. The first-order valence-electron chi connectivity index (χ1n) is 13.9. The van der Waals surface area contributed by atoms with E-state index in [1.165, 1.54) is 12.1 Å². The van der Waals surface area contributed by atoms with Gasteiger partial charge in [-0.15, -0.1) is 24.5 Å². The smallest absolute Gasteiger partial charge is 0.406 e. The summed E-state index contributed by atoms with van der Waals surface area (Å²) in [6, 6.07) is 7.88. The van der Waals surface area contributed by atoms with Gasteiger partial charge in [0.25, 0.3) is 0 Å². The van der Waals surface area contributed by atoms with Gasteiger partial charge in [0.15, 0.2) is 0 Å². The van der Waals surface area contributed by atoms with Crippen molar-refractivity contribution in [3.63, 3.8) is 0 Å². The quantitative estimate of drug-likeness (QED) is 0.179. The Hall–Kier alpha value is -3.71. The molecule has 0 spiro atoms. The molecular formula is C29H34F3N7O2S. The number of alkyl halides is 3. The molecule has 0 bridgehead atoms. The second-order valence-corrected chi connectivity index (χ2v) is 11.5. The second kappa shape index (κ2) is 12.7. The number of fused-ring (bicyclic) bond motifs is 1. The topological polar surface area (TPSA) is 108 Å². The average molecular weight is 602 g/mol. The number of hydrogen-bond donors (Lipinski definition) is 3. The number of halogens is 3. The van der Waals surface area contributed by atoms with E-state index in [1.54, 1.807) is 29.7 Å². The molecule has 1 aromatic carbocycles. The fourth-order valence-corrected chi connectivity index (χ4v) is 6.06. The molecule has 1 unspecified atom stereocenters. The predicted molar refractivity (Wildman–Crippen MR) is 159 cm³/mol. The number of nitrogens with zero attached hydrogens (tertiary/aromatic N) is 5. The van der Waals surface area contributed by atoms with E-state index < -0.39 is 6.36 Å². The molecule has 224 valence electrons. The van der Waals surface area contributed by atoms with E-state index in [9.17, 15) is 18.3 Å². The highest BCUT2D eigenvalue weighted by atomic mass is 32.1. The maximum absolute atomic E-state index is 12.4. The summed E-state index contributed by atoms with van der Waals surface area (Å²) in [5.74, 6) is 1.51. The van der Waals surface area contributed by atoms with Crippen LogP contribution in [0.5, 0.6) is 5.75 Å². The molecule has 13 heteroatoms. The molecule has 1 aliphatic rings. The van der Waals surface area contributed by atoms with Gasteiger partial charge in [0.2, 0.25) is 5.95 Å². The van der Waals surface area contributed by atoms with Gasteiger partial charge in [-0.25, -0.2) is 9.97 Å². The SMILES string of the molecule is CCC(CO)CCNc1nc(NCC2CN(c3ccc(OC(F)(F)F)cc3)C2)nc(C)c1-c1nc2c(C)nccc2s1. The van der Waals surface area contributed by atoms with Gasteiger partial charge in [-0.2, -0.15) is 4.98 Å². The van der Waals surface area contributed by atoms with Crippen molar-refractivity contribution in [3.05, 3.63) is 47.9 Å². The highest BCUT2D eigenvalue weighted by Gasteiger charge is 2.31. The van der Waals surface area contributed by atoms with Crippen LogP contribution in [0.2, 0.25) is 0 Å². The molecule has 3 aromatic heterocycles. The molecule has 1 saturated heterocycles. The highest BCUT2D eigenvalue weighted by Crippen LogP contribution is 2.37. The fraction of sp³-hybridized carbons (Fsp3) is 0.448. The van der Waals surface area contributed by atoms with Crippen LogP contribution in [0, 0.1) is 25.7 Å². The lowest BCUT2D eigenvalue weighted by Gasteiger charge is -2.41. The number of aryl methyl sites for hydroxylation is 2. The maximum atomic E-state index is 12.4. The van der Waals surface area contributed by atoms with Crippen molar-refractivity contribution in [2.45, 2.75) is 40.0 Å². The molecule has 3 N–H and O–H groups in total. The zero-order valence-corrected chi connectivity index (χ0v) is 24.5. The highest BCUT2D eigenvalue weighted by molar-refractivity contribution is 7.21.